The second-order valence-electron chi connectivity index (χ2n) is 22.8. The van der Waals surface area contributed by atoms with Crippen LogP contribution in [0, 0.1) is 0 Å². The number of hydrogen-bond acceptors (Lipinski definition) is 16. The minimum Gasteiger partial charge on any atom is -0.385 e. The van der Waals surface area contributed by atoms with E-state index >= 15 is 0 Å². The molecule has 15 unspecified atom stereocenters. The minimum absolute atomic E-state index is 0.0369. The van der Waals surface area contributed by atoms with Gasteiger partial charge < -0.3 is 76.5 Å². The van der Waals surface area contributed by atoms with Crippen molar-refractivity contribution in [3.8, 4) is 0 Å². The lowest BCUT2D eigenvalue weighted by molar-refractivity contribution is -0.378. The molecule has 16 nitrogen and oxygen atoms in total. The maximum absolute atomic E-state index is 13.0. The van der Waals surface area contributed by atoms with E-state index < -0.39 is 92.1 Å². The van der Waals surface area contributed by atoms with Crippen molar-refractivity contribution in [2.75, 3.05) is 26.9 Å². The molecule has 3 fully saturated rings. The third-order valence-electron chi connectivity index (χ3n) is 16.3. The van der Waals surface area contributed by atoms with E-state index in [0.29, 0.717) is 6.61 Å². The highest BCUT2D eigenvalue weighted by Gasteiger charge is 2.55. The Labute approximate surface area is 533 Å². The minimum atomic E-state index is -1.46. The van der Waals surface area contributed by atoms with Gasteiger partial charge in [-0.25, -0.2) is 0 Å². The molecule has 3 aliphatic rings. The van der Waals surface area contributed by atoms with Crippen LogP contribution in [0.4, 0.5) is 0 Å². The van der Waals surface area contributed by atoms with Gasteiger partial charge >= 0.3 is 0 Å². The smallest absolute Gasteiger partial charge is 0.187 e. The highest BCUT2D eigenvalue weighted by Crippen LogP contribution is 2.37. The van der Waals surface area contributed by atoms with Gasteiger partial charge in [0.1, 0.15) is 73.2 Å². The Morgan fingerprint density at radius 3 is 0.846 bits per heavy atom. The number of benzene rings is 8. The summed E-state index contributed by atoms with van der Waals surface area (Å²) in [5.41, 5.74) is 7.31. The Morgan fingerprint density at radius 1 is 0.264 bits per heavy atom. The number of ether oxygens (including phenoxy) is 14. The molecule has 0 aliphatic carbocycles. The van der Waals surface area contributed by atoms with E-state index in [0.717, 1.165) is 44.5 Å². The van der Waals surface area contributed by atoms with Crippen LogP contribution in [0.5, 0.6) is 0 Å². The van der Waals surface area contributed by atoms with E-state index in [4.69, 9.17) is 66.3 Å². The Hall–Kier alpha value is -6.88. The standard InChI is InChI=1S/C75H82O16/c1-78-75-72(86-49-60-40-24-9-25-41-60)71(91-74-65(77)70(85-48-59-38-22-8-23-39-59)67(82-45-56-32-16-5-17-33-56)62(89-74)51-80-43-54-28-12-3-13-29-54)68(83-46-57-34-18-6-19-35-57)63(90-75)52-87-73-64(76)69(84-47-58-36-20-7-21-37-58)66(81-44-55-30-14-4-15-31-55)61(88-73)50-79-42-53-26-10-2-11-27-53/h2-41,61-77H,42-52H2,1H3. The molecule has 0 aromatic heterocycles. The molecule has 2 N–H and O–H groups in total. The summed E-state index contributed by atoms with van der Waals surface area (Å²) >= 11 is 0. The molecule has 0 radical (unpaired) electrons. The molecule has 0 bridgehead atoms. The van der Waals surface area contributed by atoms with E-state index in [2.05, 4.69) is 0 Å². The van der Waals surface area contributed by atoms with Crippen molar-refractivity contribution in [1.29, 1.82) is 0 Å². The summed E-state index contributed by atoms with van der Waals surface area (Å²) in [6.45, 7) is 1.34. The summed E-state index contributed by atoms with van der Waals surface area (Å²) in [6, 6.07) is 78.3. The predicted molar refractivity (Wildman–Crippen MR) is 338 cm³/mol. The number of methoxy groups -OCH3 is 1. The van der Waals surface area contributed by atoms with Crippen molar-refractivity contribution in [2.24, 2.45) is 0 Å². The second kappa shape index (κ2) is 34.7. The van der Waals surface area contributed by atoms with Gasteiger partial charge in [0.15, 0.2) is 18.9 Å². The van der Waals surface area contributed by atoms with Crippen molar-refractivity contribution in [2.45, 2.75) is 145 Å². The van der Waals surface area contributed by atoms with Crippen molar-refractivity contribution >= 4 is 0 Å². The normalized spacial score (nSPS) is 26.7. The highest BCUT2D eigenvalue weighted by atomic mass is 16.8. The van der Waals surface area contributed by atoms with E-state index in [1.807, 2.05) is 243 Å². The van der Waals surface area contributed by atoms with Gasteiger partial charge in [-0.05, 0) is 44.5 Å². The first-order valence-corrected chi connectivity index (χ1v) is 31.2. The van der Waals surface area contributed by atoms with Gasteiger partial charge in [-0.1, -0.05) is 243 Å². The SMILES string of the molecule is COC1OC(COC2OC(COCc3ccccc3)C(OCc3ccccc3)C(OCc3ccccc3)C2O)C(OCc2ccccc2)C(OC2OC(COCc3ccccc3)C(OCc3ccccc3)C(OCc3ccccc3)C2O)C1OCc1ccccc1. The monoisotopic (exact) mass is 1240 g/mol. The Morgan fingerprint density at radius 2 is 0.516 bits per heavy atom. The number of rotatable bonds is 32. The second-order valence-corrected chi connectivity index (χ2v) is 22.8. The predicted octanol–water partition coefficient (Wildman–Crippen LogP) is 10.9. The van der Waals surface area contributed by atoms with Crippen LogP contribution in [-0.4, -0.2) is 129 Å². The fraction of sp³-hybridized carbons (Fsp3) is 0.360. The van der Waals surface area contributed by atoms with Crippen LogP contribution in [-0.2, 0) is 119 Å². The van der Waals surface area contributed by atoms with Crippen molar-refractivity contribution < 1.29 is 76.5 Å². The van der Waals surface area contributed by atoms with Crippen molar-refractivity contribution in [1.82, 2.24) is 0 Å². The average molecular weight is 1240 g/mol. The largest absolute Gasteiger partial charge is 0.385 e. The fourth-order valence-electron chi connectivity index (χ4n) is 11.5. The van der Waals surface area contributed by atoms with Crippen LogP contribution in [0.3, 0.4) is 0 Å². The first-order valence-electron chi connectivity index (χ1n) is 31.2. The zero-order valence-corrected chi connectivity index (χ0v) is 51.1. The third kappa shape index (κ3) is 18.9. The van der Waals surface area contributed by atoms with Crippen LogP contribution in [0.2, 0.25) is 0 Å². The molecule has 8 aromatic rings. The quantitative estimate of drug-likeness (QED) is 0.0408. The average Bonchev–Trinajstić information content (AvgIpc) is 0.866. The topological polar surface area (TPSA) is 170 Å². The first-order chi connectivity index (χ1) is 44.9. The molecule has 3 saturated heterocycles. The molecular formula is C75H82O16. The highest BCUT2D eigenvalue weighted by molar-refractivity contribution is 5.20. The lowest BCUT2D eigenvalue weighted by atomic mass is 9.95. The van der Waals surface area contributed by atoms with Crippen LogP contribution >= 0.6 is 0 Å². The van der Waals surface area contributed by atoms with Gasteiger partial charge in [-0.3, -0.25) is 0 Å². The maximum Gasteiger partial charge on any atom is 0.187 e. The molecule has 0 amide bonds. The van der Waals surface area contributed by atoms with E-state index in [1.165, 1.54) is 7.11 Å². The van der Waals surface area contributed by atoms with E-state index in [1.54, 1.807) is 0 Å². The Balaban J connectivity index is 0.924. The number of hydrogen-bond donors (Lipinski definition) is 2. The Kier molecular flexibility index (Phi) is 25.0. The maximum atomic E-state index is 13.0. The van der Waals surface area contributed by atoms with Gasteiger partial charge in [0.05, 0.1) is 72.7 Å². The summed E-state index contributed by atoms with van der Waals surface area (Å²) in [7, 11) is 1.52. The number of aliphatic hydroxyl groups is 2. The molecule has 15 atom stereocenters. The lowest BCUT2D eigenvalue weighted by Crippen LogP contribution is -2.66. The molecule has 8 aromatic carbocycles. The van der Waals surface area contributed by atoms with Crippen LogP contribution in [0.15, 0.2) is 243 Å². The zero-order valence-electron chi connectivity index (χ0n) is 51.1. The molecule has 3 aliphatic heterocycles. The van der Waals surface area contributed by atoms with Gasteiger partial charge in [-0.2, -0.15) is 0 Å². The summed E-state index contributed by atoms with van der Waals surface area (Å²) in [6.07, 6.45) is -16.3. The number of aliphatic hydroxyl groups excluding tert-OH is 2. The lowest BCUT2D eigenvalue weighted by Gasteiger charge is -2.49. The third-order valence-corrected chi connectivity index (χ3v) is 16.3. The molecule has 91 heavy (non-hydrogen) atoms. The molecular weight excluding hydrogens is 1160 g/mol. The van der Waals surface area contributed by atoms with Crippen molar-refractivity contribution in [3.05, 3.63) is 287 Å². The summed E-state index contributed by atoms with van der Waals surface area (Å²) in [5.74, 6) is 0. The first kappa shape index (κ1) is 65.6. The fourth-order valence-corrected chi connectivity index (χ4v) is 11.5. The van der Waals surface area contributed by atoms with Crippen molar-refractivity contribution in [3.63, 3.8) is 0 Å². The molecule has 3 heterocycles. The van der Waals surface area contributed by atoms with Gasteiger partial charge in [0, 0.05) is 7.11 Å². The molecule has 478 valence electrons. The van der Waals surface area contributed by atoms with Crippen LogP contribution in [0.1, 0.15) is 44.5 Å². The van der Waals surface area contributed by atoms with E-state index in [9.17, 15) is 10.2 Å². The Bertz CT molecular complexity index is 3260. The van der Waals surface area contributed by atoms with Gasteiger partial charge in [0.2, 0.25) is 0 Å². The van der Waals surface area contributed by atoms with Gasteiger partial charge in [0.25, 0.3) is 0 Å². The molecule has 0 spiro atoms. The molecule has 11 rings (SSSR count). The summed E-state index contributed by atoms with van der Waals surface area (Å²) in [5, 5.41) is 25.6. The molecule has 16 heteroatoms. The van der Waals surface area contributed by atoms with E-state index in [-0.39, 0.29) is 66.1 Å². The van der Waals surface area contributed by atoms with Crippen LogP contribution < -0.4 is 0 Å². The zero-order chi connectivity index (χ0) is 62.2. The molecule has 0 saturated carbocycles. The van der Waals surface area contributed by atoms with Crippen LogP contribution in [0.25, 0.3) is 0 Å². The summed E-state index contributed by atoms with van der Waals surface area (Å²) in [4.78, 5) is 0. The van der Waals surface area contributed by atoms with Gasteiger partial charge in [-0.15, -0.1) is 0 Å². The summed E-state index contributed by atoms with van der Waals surface area (Å²) < 4.78 is 95.0.